The molecule has 2 amide bonds. The zero-order chi connectivity index (χ0) is 31.2. The maximum atomic E-state index is 13.8. The van der Waals surface area contributed by atoms with Gasteiger partial charge in [0, 0.05) is 17.0 Å². The Balaban J connectivity index is 1.33. The van der Waals surface area contributed by atoms with E-state index in [9.17, 15) is 23.6 Å². The number of ketones is 1. The van der Waals surface area contributed by atoms with Gasteiger partial charge in [-0.3, -0.25) is 14.4 Å². The predicted molar refractivity (Wildman–Crippen MR) is 160 cm³/mol. The Kier molecular flexibility index (Phi) is 8.99. The van der Waals surface area contributed by atoms with E-state index in [1.165, 1.54) is 43.5 Å². The molecule has 1 aliphatic carbocycles. The SMILES string of the molecule is COC(=O)C[C@H](NC(=O)OCC1c2ccccc2-c2ccccc21)C(=O)Nc1ccc(OC)cc1C(=O)c1cccc(F)c1. The average Bonchev–Trinajstić information content (AvgIpc) is 3.36. The third-order valence-corrected chi connectivity index (χ3v) is 7.37. The second kappa shape index (κ2) is 13.2. The number of nitrogens with one attached hydrogen (secondary N) is 2. The molecule has 9 nitrogen and oxygen atoms in total. The summed E-state index contributed by atoms with van der Waals surface area (Å²) in [5, 5.41) is 5.05. The molecule has 0 radical (unpaired) electrons. The Labute approximate surface area is 252 Å². The first-order chi connectivity index (χ1) is 21.3. The van der Waals surface area contributed by atoms with Crippen molar-refractivity contribution in [3.05, 3.63) is 119 Å². The van der Waals surface area contributed by atoms with E-state index in [0.717, 1.165) is 35.4 Å². The lowest BCUT2D eigenvalue weighted by Gasteiger charge is -2.20. The van der Waals surface area contributed by atoms with Gasteiger partial charge in [0.1, 0.15) is 24.2 Å². The normalized spacial score (nSPS) is 12.3. The monoisotopic (exact) mass is 596 g/mol. The molecule has 0 saturated heterocycles. The van der Waals surface area contributed by atoms with Crippen LogP contribution in [0, 0.1) is 5.82 Å². The minimum absolute atomic E-state index is 0.00279. The number of alkyl carbamates (subject to hydrolysis) is 1. The zero-order valence-electron chi connectivity index (χ0n) is 24.0. The largest absolute Gasteiger partial charge is 0.497 e. The Morgan fingerprint density at radius 1 is 0.841 bits per heavy atom. The van der Waals surface area contributed by atoms with E-state index >= 15 is 0 Å². The lowest BCUT2D eigenvalue weighted by Crippen LogP contribution is -2.45. The van der Waals surface area contributed by atoms with Crippen molar-refractivity contribution < 1.29 is 37.8 Å². The molecule has 2 N–H and O–H groups in total. The second-order valence-electron chi connectivity index (χ2n) is 10.0. The van der Waals surface area contributed by atoms with Crippen LogP contribution in [0.5, 0.6) is 5.75 Å². The number of hydrogen-bond acceptors (Lipinski definition) is 7. The van der Waals surface area contributed by atoms with Crippen molar-refractivity contribution in [2.45, 2.75) is 18.4 Å². The lowest BCUT2D eigenvalue weighted by molar-refractivity contribution is -0.142. The van der Waals surface area contributed by atoms with E-state index in [1.807, 2.05) is 48.5 Å². The average molecular weight is 597 g/mol. The van der Waals surface area contributed by atoms with Gasteiger partial charge in [-0.1, -0.05) is 60.7 Å². The fraction of sp³-hybridized carbons (Fsp3) is 0.176. The van der Waals surface area contributed by atoms with Gasteiger partial charge in [0.25, 0.3) is 0 Å². The summed E-state index contributed by atoms with van der Waals surface area (Å²) in [5.41, 5.74) is 4.28. The van der Waals surface area contributed by atoms with Crippen LogP contribution >= 0.6 is 0 Å². The van der Waals surface area contributed by atoms with Crippen LogP contribution in [0.4, 0.5) is 14.9 Å². The minimum atomic E-state index is -1.41. The van der Waals surface area contributed by atoms with Crippen molar-refractivity contribution in [1.29, 1.82) is 0 Å². The summed E-state index contributed by atoms with van der Waals surface area (Å²) in [6, 6.07) is 23.8. The van der Waals surface area contributed by atoms with Crippen LogP contribution in [0.2, 0.25) is 0 Å². The Bertz CT molecular complexity index is 1690. The van der Waals surface area contributed by atoms with E-state index in [1.54, 1.807) is 0 Å². The number of benzene rings is 4. The van der Waals surface area contributed by atoms with Crippen LogP contribution in [0.3, 0.4) is 0 Å². The van der Waals surface area contributed by atoms with Crippen LogP contribution in [0.25, 0.3) is 11.1 Å². The molecule has 0 saturated carbocycles. The first-order valence-corrected chi connectivity index (χ1v) is 13.8. The van der Waals surface area contributed by atoms with Gasteiger partial charge < -0.3 is 24.8 Å². The quantitative estimate of drug-likeness (QED) is 0.184. The molecule has 4 aromatic rings. The molecule has 44 heavy (non-hydrogen) atoms. The molecule has 0 spiro atoms. The van der Waals surface area contributed by atoms with Gasteiger partial charge in [-0.2, -0.15) is 0 Å². The predicted octanol–water partition coefficient (Wildman–Crippen LogP) is 5.47. The number of amides is 2. The number of esters is 1. The van der Waals surface area contributed by atoms with Crippen LogP contribution in [0.1, 0.15) is 39.4 Å². The van der Waals surface area contributed by atoms with E-state index < -0.39 is 42.0 Å². The third kappa shape index (κ3) is 6.44. The van der Waals surface area contributed by atoms with Gasteiger partial charge in [0.05, 0.1) is 26.3 Å². The van der Waals surface area contributed by atoms with Gasteiger partial charge in [-0.25, -0.2) is 9.18 Å². The minimum Gasteiger partial charge on any atom is -0.497 e. The first-order valence-electron chi connectivity index (χ1n) is 13.8. The fourth-order valence-corrected chi connectivity index (χ4v) is 5.19. The molecular weight excluding hydrogens is 567 g/mol. The summed E-state index contributed by atoms with van der Waals surface area (Å²) >= 11 is 0. The molecule has 0 heterocycles. The third-order valence-electron chi connectivity index (χ3n) is 7.37. The van der Waals surface area contributed by atoms with Crippen molar-refractivity contribution in [2.24, 2.45) is 0 Å². The number of rotatable bonds is 10. The lowest BCUT2D eigenvalue weighted by atomic mass is 9.98. The smallest absolute Gasteiger partial charge is 0.407 e. The van der Waals surface area contributed by atoms with Gasteiger partial charge in [0.15, 0.2) is 5.78 Å². The summed E-state index contributed by atoms with van der Waals surface area (Å²) < 4.78 is 29.4. The highest BCUT2D eigenvalue weighted by Gasteiger charge is 2.31. The molecule has 1 aliphatic rings. The van der Waals surface area contributed by atoms with E-state index in [0.29, 0.717) is 5.75 Å². The second-order valence-corrected chi connectivity index (χ2v) is 10.0. The van der Waals surface area contributed by atoms with Crippen molar-refractivity contribution in [3.8, 4) is 16.9 Å². The molecule has 5 rings (SSSR count). The van der Waals surface area contributed by atoms with Crippen molar-refractivity contribution in [2.75, 3.05) is 26.1 Å². The maximum Gasteiger partial charge on any atom is 0.407 e. The molecule has 224 valence electrons. The highest BCUT2D eigenvalue weighted by molar-refractivity contribution is 6.14. The molecule has 0 unspecified atom stereocenters. The number of hydrogen-bond donors (Lipinski definition) is 2. The van der Waals surface area contributed by atoms with Gasteiger partial charge >= 0.3 is 12.1 Å². The maximum absolute atomic E-state index is 13.8. The Morgan fingerprint density at radius 2 is 1.52 bits per heavy atom. The fourth-order valence-electron chi connectivity index (χ4n) is 5.19. The Morgan fingerprint density at radius 3 is 2.16 bits per heavy atom. The van der Waals surface area contributed by atoms with Crippen molar-refractivity contribution in [1.82, 2.24) is 5.32 Å². The summed E-state index contributed by atoms with van der Waals surface area (Å²) in [5.74, 6) is -2.62. The number of carbonyl (C=O) groups excluding carboxylic acids is 4. The Hall–Kier alpha value is -5.51. The van der Waals surface area contributed by atoms with Crippen molar-refractivity contribution in [3.63, 3.8) is 0 Å². The number of ether oxygens (including phenoxy) is 3. The highest BCUT2D eigenvalue weighted by atomic mass is 19.1. The van der Waals surface area contributed by atoms with Gasteiger partial charge in [0.2, 0.25) is 5.91 Å². The molecule has 0 aromatic heterocycles. The topological polar surface area (TPSA) is 120 Å². The number of halogens is 1. The standard InChI is InChI=1S/C34H29FN2O7/c1-42-22-14-15-29(27(17-22)32(39)20-8-7-9-21(35)16-20)36-33(40)30(18-31(38)43-2)37-34(41)44-19-28-25-12-5-3-10-23(25)24-11-4-6-13-26(24)28/h3-17,28,30H,18-19H2,1-2H3,(H,36,40)(H,37,41)/t30-/m0/s1. The molecular formula is C34H29FN2O7. The van der Waals surface area contributed by atoms with E-state index in [2.05, 4.69) is 10.6 Å². The number of anilines is 1. The highest BCUT2D eigenvalue weighted by Crippen LogP contribution is 2.44. The van der Waals surface area contributed by atoms with Crippen molar-refractivity contribution >= 4 is 29.4 Å². The zero-order valence-corrected chi connectivity index (χ0v) is 24.0. The summed E-state index contributed by atoms with van der Waals surface area (Å²) in [6.45, 7) is -0.00279. The number of methoxy groups -OCH3 is 2. The van der Waals surface area contributed by atoms with Gasteiger partial charge in [-0.15, -0.1) is 0 Å². The molecule has 10 heteroatoms. The number of carbonyl (C=O) groups is 4. The van der Waals surface area contributed by atoms with Gasteiger partial charge in [-0.05, 0) is 52.6 Å². The van der Waals surface area contributed by atoms with E-state index in [4.69, 9.17) is 14.2 Å². The van der Waals surface area contributed by atoms with Crippen LogP contribution < -0.4 is 15.4 Å². The summed E-state index contributed by atoms with van der Waals surface area (Å²) in [4.78, 5) is 51.8. The molecule has 0 fully saturated rings. The molecule has 0 bridgehead atoms. The van der Waals surface area contributed by atoms with Crippen LogP contribution in [0.15, 0.2) is 91.0 Å². The van der Waals surface area contributed by atoms with E-state index in [-0.39, 0.29) is 29.3 Å². The molecule has 0 aliphatic heterocycles. The number of fused-ring (bicyclic) bond motifs is 3. The molecule has 4 aromatic carbocycles. The first kappa shape index (κ1) is 30.0. The molecule has 1 atom stereocenters. The van der Waals surface area contributed by atoms with Crippen LogP contribution in [-0.2, 0) is 19.1 Å². The van der Waals surface area contributed by atoms with Crippen LogP contribution in [-0.4, -0.2) is 50.6 Å². The summed E-state index contributed by atoms with van der Waals surface area (Å²) in [6.07, 6.45) is -1.42. The summed E-state index contributed by atoms with van der Waals surface area (Å²) in [7, 11) is 2.57.